The maximum Gasteiger partial charge on any atom is 0.242 e. The fourth-order valence-corrected chi connectivity index (χ4v) is 2.69. The molecule has 1 unspecified atom stereocenters. The summed E-state index contributed by atoms with van der Waals surface area (Å²) in [7, 11) is 0. The zero-order valence-electron chi connectivity index (χ0n) is 15.7. The highest BCUT2D eigenvalue weighted by molar-refractivity contribution is 6.02. The smallest absolute Gasteiger partial charge is 0.242 e. The van der Waals surface area contributed by atoms with Crippen LogP contribution in [-0.2, 0) is 28.8 Å². The normalized spacial score (nSPS) is 14.4. The van der Waals surface area contributed by atoms with Crippen LogP contribution in [0.2, 0.25) is 0 Å². The molecule has 1 aliphatic heterocycles. The van der Waals surface area contributed by atoms with Crippen LogP contribution in [0.5, 0.6) is 0 Å². The van der Waals surface area contributed by atoms with Gasteiger partial charge in [0.15, 0.2) is 0 Å². The third kappa shape index (κ3) is 8.60. The first kappa shape index (κ1) is 23.1. The summed E-state index contributed by atoms with van der Waals surface area (Å²) in [5.41, 5.74) is 0. The van der Waals surface area contributed by atoms with E-state index in [4.69, 9.17) is 0 Å². The van der Waals surface area contributed by atoms with Crippen molar-refractivity contribution in [1.82, 2.24) is 26.2 Å². The molecule has 0 bridgehead atoms. The summed E-state index contributed by atoms with van der Waals surface area (Å²) in [6, 6.07) is -0.684. The van der Waals surface area contributed by atoms with Crippen LogP contribution in [0.1, 0.15) is 38.5 Å². The Morgan fingerprint density at radius 2 is 1.64 bits per heavy atom. The van der Waals surface area contributed by atoms with E-state index in [2.05, 4.69) is 21.3 Å². The fourth-order valence-electron chi connectivity index (χ4n) is 2.69. The van der Waals surface area contributed by atoms with Crippen LogP contribution in [0.15, 0.2) is 0 Å². The van der Waals surface area contributed by atoms with Gasteiger partial charge >= 0.3 is 0 Å². The van der Waals surface area contributed by atoms with Crippen molar-refractivity contribution in [2.45, 2.75) is 44.6 Å². The van der Waals surface area contributed by atoms with Crippen molar-refractivity contribution in [3.63, 3.8) is 0 Å². The highest BCUT2D eigenvalue weighted by Gasteiger charge is 2.28. The summed E-state index contributed by atoms with van der Waals surface area (Å²) in [6.07, 6.45) is 3.20. The van der Waals surface area contributed by atoms with E-state index in [-0.39, 0.29) is 62.5 Å². The van der Waals surface area contributed by atoms with Gasteiger partial charge in [0.05, 0.1) is 0 Å². The lowest BCUT2D eigenvalue weighted by Gasteiger charge is -2.16. The Hall–Kier alpha value is -2.98. The van der Waals surface area contributed by atoms with Crippen molar-refractivity contribution in [3.05, 3.63) is 0 Å². The summed E-state index contributed by atoms with van der Waals surface area (Å²) < 4.78 is 0. The molecule has 6 amide bonds. The SMILES string of the molecule is O=CNCCCCC(NC=O)C(=O)NCCNC(=O)CCN1C(=O)CCC1=O. The second-order valence-electron chi connectivity index (χ2n) is 6.23. The van der Waals surface area contributed by atoms with Gasteiger partial charge in [0.25, 0.3) is 0 Å². The van der Waals surface area contributed by atoms with Crippen LogP contribution in [0, 0.1) is 0 Å². The van der Waals surface area contributed by atoms with Crippen molar-refractivity contribution in [2.75, 3.05) is 26.2 Å². The van der Waals surface area contributed by atoms with Gasteiger partial charge in [0, 0.05) is 45.4 Å². The molecule has 1 fully saturated rings. The minimum Gasteiger partial charge on any atom is -0.359 e. The lowest BCUT2D eigenvalue weighted by molar-refractivity contribution is -0.138. The molecule has 0 saturated carbocycles. The molecule has 4 N–H and O–H groups in total. The number of imide groups is 1. The van der Waals surface area contributed by atoms with Gasteiger partial charge in [-0.1, -0.05) is 0 Å². The largest absolute Gasteiger partial charge is 0.359 e. The average Bonchev–Trinajstić information content (AvgIpc) is 3.00. The van der Waals surface area contributed by atoms with Crippen molar-refractivity contribution >= 4 is 36.4 Å². The van der Waals surface area contributed by atoms with Crippen LogP contribution in [0.4, 0.5) is 0 Å². The molecule has 0 aliphatic carbocycles. The molecule has 0 aromatic carbocycles. The van der Waals surface area contributed by atoms with E-state index in [0.717, 1.165) is 4.90 Å². The molecule has 1 heterocycles. The summed E-state index contributed by atoms with van der Waals surface area (Å²) in [6.45, 7) is 0.916. The molecule has 28 heavy (non-hydrogen) atoms. The maximum atomic E-state index is 12.1. The molecule has 1 aliphatic rings. The first-order chi connectivity index (χ1) is 13.5. The van der Waals surface area contributed by atoms with Crippen LogP contribution < -0.4 is 21.3 Å². The topological polar surface area (TPSA) is 154 Å². The number of hydrogen-bond acceptors (Lipinski definition) is 6. The lowest BCUT2D eigenvalue weighted by Crippen LogP contribution is -2.46. The maximum absolute atomic E-state index is 12.1. The highest BCUT2D eigenvalue weighted by atomic mass is 16.2. The van der Waals surface area contributed by atoms with E-state index in [0.29, 0.717) is 38.6 Å². The number of nitrogens with one attached hydrogen (secondary N) is 4. The van der Waals surface area contributed by atoms with Crippen molar-refractivity contribution in [2.24, 2.45) is 0 Å². The van der Waals surface area contributed by atoms with Crippen LogP contribution in [0.25, 0.3) is 0 Å². The number of hydrogen-bond donors (Lipinski definition) is 4. The van der Waals surface area contributed by atoms with Gasteiger partial charge in [0.1, 0.15) is 6.04 Å². The first-order valence-corrected chi connectivity index (χ1v) is 9.24. The standard InChI is InChI=1S/C17H27N5O6/c23-11-18-7-2-1-3-13(21-12-24)17(28)20-9-8-19-14(25)6-10-22-15(26)4-5-16(22)27/h11-13H,1-10H2,(H,18,23)(H,19,25)(H,20,28)(H,21,24). The quantitative estimate of drug-likeness (QED) is 0.140. The molecule has 0 aromatic heterocycles. The zero-order valence-corrected chi connectivity index (χ0v) is 15.7. The summed E-state index contributed by atoms with van der Waals surface area (Å²) in [4.78, 5) is 68.6. The number of carbonyl (C=O) groups excluding carboxylic acids is 6. The number of carbonyl (C=O) groups is 6. The van der Waals surface area contributed by atoms with Gasteiger partial charge < -0.3 is 21.3 Å². The summed E-state index contributed by atoms with van der Waals surface area (Å²) >= 11 is 0. The van der Waals surface area contributed by atoms with Crippen molar-refractivity contribution in [3.8, 4) is 0 Å². The van der Waals surface area contributed by atoms with E-state index in [1.54, 1.807) is 0 Å². The number of unbranched alkanes of at least 4 members (excludes halogenated alkanes) is 1. The predicted molar refractivity (Wildman–Crippen MR) is 97.5 cm³/mol. The second kappa shape index (κ2) is 13.2. The fraction of sp³-hybridized carbons (Fsp3) is 0.647. The Morgan fingerprint density at radius 3 is 2.29 bits per heavy atom. The molecule has 0 radical (unpaired) electrons. The Kier molecular flexibility index (Phi) is 10.9. The summed E-state index contributed by atoms with van der Waals surface area (Å²) in [5, 5.41) is 10.2. The van der Waals surface area contributed by atoms with Gasteiger partial charge in [-0.2, -0.15) is 0 Å². The molecule has 0 spiro atoms. The van der Waals surface area contributed by atoms with E-state index < -0.39 is 6.04 Å². The number of likely N-dealkylation sites (tertiary alicyclic amines) is 1. The highest BCUT2D eigenvalue weighted by Crippen LogP contribution is 2.11. The van der Waals surface area contributed by atoms with Gasteiger partial charge in [-0.15, -0.1) is 0 Å². The average molecular weight is 397 g/mol. The third-order valence-corrected chi connectivity index (χ3v) is 4.20. The molecule has 156 valence electrons. The van der Waals surface area contributed by atoms with Crippen molar-refractivity contribution < 1.29 is 28.8 Å². The van der Waals surface area contributed by atoms with E-state index in [1.807, 2.05) is 0 Å². The van der Waals surface area contributed by atoms with Crippen molar-refractivity contribution in [1.29, 1.82) is 0 Å². The number of rotatable bonds is 15. The van der Waals surface area contributed by atoms with Gasteiger partial charge in [-0.3, -0.25) is 33.7 Å². The van der Waals surface area contributed by atoms with E-state index in [1.165, 1.54) is 0 Å². The molecule has 0 aromatic rings. The molecule has 11 heteroatoms. The Bertz CT molecular complexity index is 566. The van der Waals surface area contributed by atoms with Gasteiger partial charge in [-0.05, 0) is 19.3 Å². The van der Waals surface area contributed by atoms with Gasteiger partial charge in [0.2, 0.25) is 36.4 Å². The zero-order chi connectivity index (χ0) is 20.8. The summed E-state index contributed by atoms with van der Waals surface area (Å²) in [5.74, 6) is -1.22. The molecule has 11 nitrogen and oxygen atoms in total. The molecule has 1 rings (SSSR count). The Balaban J connectivity index is 2.19. The molecule has 1 saturated heterocycles. The Labute approximate surface area is 163 Å². The van der Waals surface area contributed by atoms with Crippen LogP contribution in [-0.4, -0.2) is 73.6 Å². The van der Waals surface area contributed by atoms with E-state index >= 15 is 0 Å². The number of amides is 6. The Morgan fingerprint density at radius 1 is 0.964 bits per heavy atom. The van der Waals surface area contributed by atoms with Gasteiger partial charge in [-0.25, -0.2) is 0 Å². The monoisotopic (exact) mass is 397 g/mol. The molecular formula is C17H27N5O6. The van der Waals surface area contributed by atoms with E-state index in [9.17, 15) is 28.8 Å². The molecular weight excluding hydrogens is 370 g/mol. The first-order valence-electron chi connectivity index (χ1n) is 9.24. The third-order valence-electron chi connectivity index (χ3n) is 4.20. The lowest BCUT2D eigenvalue weighted by atomic mass is 10.1. The minimum absolute atomic E-state index is 0.00950. The van der Waals surface area contributed by atoms with Crippen LogP contribution in [0.3, 0.4) is 0 Å². The molecule has 1 atom stereocenters. The predicted octanol–water partition coefficient (Wildman–Crippen LogP) is -2.21. The second-order valence-corrected chi connectivity index (χ2v) is 6.23. The number of nitrogens with zero attached hydrogens (tertiary/aromatic N) is 1. The van der Waals surface area contributed by atoms with Crippen LogP contribution >= 0.6 is 0 Å². The minimum atomic E-state index is -0.684.